The molecule has 0 amide bonds. The molecular weight excluding hydrogens is 233 g/mol. The molecule has 0 heterocycles. The zero-order valence-electron chi connectivity index (χ0n) is 8.78. The van der Waals surface area contributed by atoms with Gasteiger partial charge in [0.15, 0.2) is 0 Å². The number of hydrogen-bond donors (Lipinski definition) is 2. The van der Waals surface area contributed by atoms with Crippen molar-refractivity contribution in [3.8, 4) is 0 Å². The quantitative estimate of drug-likeness (QED) is 0.479. The second-order valence-corrected chi connectivity index (χ2v) is 3.31. The normalized spacial score (nSPS) is 11.7. The first-order chi connectivity index (χ1) is 7.87. The predicted octanol–water partition coefficient (Wildman–Crippen LogP) is 1.40. The molecule has 92 valence electrons. The minimum absolute atomic E-state index is 0.158. The van der Waals surface area contributed by atoms with Crippen molar-refractivity contribution in [2.75, 3.05) is 0 Å². The zero-order chi connectivity index (χ0) is 12.9. The van der Waals surface area contributed by atoms with Crippen LogP contribution >= 0.6 is 0 Å². The third-order valence-corrected chi connectivity index (χ3v) is 1.74. The van der Waals surface area contributed by atoms with Crippen molar-refractivity contribution in [3.05, 3.63) is 35.4 Å². The number of hydrogen-bond acceptors (Lipinski definition) is 2. The minimum atomic E-state index is -4.23. The van der Waals surface area contributed by atoms with Crippen LogP contribution in [0.2, 0.25) is 0 Å². The molecule has 0 atom stereocenters. The van der Waals surface area contributed by atoms with Crippen LogP contribution in [0, 0.1) is 0 Å². The Bertz CT molecular complexity index is 433. The molecule has 0 bridgehead atoms. The van der Waals surface area contributed by atoms with Crippen LogP contribution in [0.4, 0.5) is 13.2 Å². The maximum atomic E-state index is 12.1. The lowest BCUT2D eigenvalue weighted by atomic mass is 10.1. The van der Waals surface area contributed by atoms with Crippen molar-refractivity contribution in [3.63, 3.8) is 0 Å². The number of nitrogens with zero attached hydrogens (tertiary/aromatic N) is 2. The highest BCUT2D eigenvalue weighted by Crippen LogP contribution is 2.21. The third-order valence-electron chi connectivity index (χ3n) is 1.74. The summed E-state index contributed by atoms with van der Waals surface area (Å²) in [5.41, 5.74) is 10.7. The van der Waals surface area contributed by atoms with Crippen LogP contribution in [-0.4, -0.2) is 18.4 Å². The highest BCUT2D eigenvalue weighted by atomic mass is 19.4. The first-order valence-corrected chi connectivity index (χ1v) is 4.64. The number of rotatable bonds is 3. The predicted molar refractivity (Wildman–Crippen MR) is 59.6 cm³/mol. The summed E-state index contributed by atoms with van der Waals surface area (Å²) in [6, 6.07) is 5.88. The van der Waals surface area contributed by atoms with Gasteiger partial charge in [-0.1, -0.05) is 18.2 Å². The van der Waals surface area contributed by atoms with E-state index >= 15 is 0 Å². The molecule has 0 fully saturated rings. The highest BCUT2D eigenvalue weighted by molar-refractivity contribution is 5.81. The molecule has 0 saturated heterocycles. The smallest absolute Gasteiger partial charge is 0.369 e. The van der Waals surface area contributed by atoms with Gasteiger partial charge in [-0.05, 0) is 17.2 Å². The molecule has 1 aromatic rings. The molecule has 1 aromatic carbocycles. The van der Waals surface area contributed by atoms with Gasteiger partial charge in [0.2, 0.25) is 5.96 Å². The van der Waals surface area contributed by atoms with Crippen molar-refractivity contribution in [1.82, 2.24) is 0 Å². The monoisotopic (exact) mass is 244 g/mol. The Morgan fingerprint density at radius 2 is 2.00 bits per heavy atom. The van der Waals surface area contributed by atoms with E-state index in [2.05, 4.69) is 10.2 Å². The van der Waals surface area contributed by atoms with Crippen LogP contribution in [0.5, 0.6) is 0 Å². The van der Waals surface area contributed by atoms with E-state index in [4.69, 9.17) is 11.5 Å². The minimum Gasteiger partial charge on any atom is -0.369 e. The topological polar surface area (TPSA) is 76.8 Å². The maximum absolute atomic E-state index is 12.1. The summed E-state index contributed by atoms with van der Waals surface area (Å²) < 4.78 is 36.4. The van der Waals surface area contributed by atoms with Crippen LogP contribution in [0.1, 0.15) is 11.1 Å². The molecule has 0 radical (unpaired) electrons. The van der Waals surface area contributed by atoms with Gasteiger partial charge >= 0.3 is 6.18 Å². The number of benzene rings is 1. The van der Waals surface area contributed by atoms with E-state index in [1.165, 1.54) is 24.4 Å². The Labute approximate surface area is 95.8 Å². The Hall–Kier alpha value is -2.05. The first kappa shape index (κ1) is 13.0. The Morgan fingerprint density at radius 1 is 1.29 bits per heavy atom. The third kappa shape index (κ3) is 5.55. The van der Waals surface area contributed by atoms with Crippen molar-refractivity contribution >= 4 is 12.2 Å². The Kier molecular flexibility index (Phi) is 4.08. The van der Waals surface area contributed by atoms with E-state index in [0.717, 1.165) is 0 Å². The van der Waals surface area contributed by atoms with E-state index in [1.54, 1.807) is 6.07 Å². The number of nitrogens with two attached hydrogens (primary N) is 2. The number of halogens is 3. The Morgan fingerprint density at radius 3 is 2.59 bits per heavy atom. The first-order valence-electron chi connectivity index (χ1n) is 4.64. The fraction of sp³-hybridized carbons (Fsp3) is 0.200. The molecular formula is C10H11F3N4. The van der Waals surface area contributed by atoms with Gasteiger partial charge < -0.3 is 11.5 Å². The van der Waals surface area contributed by atoms with E-state index in [-0.39, 0.29) is 11.5 Å². The molecule has 7 heteroatoms. The molecule has 0 aliphatic carbocycles. The van der Waals surface area contributed by atoms with Gasteiger partial charge in [-0.25, -0.2) is 0 Å². The molecule has 0 saturated carbocycles. The van der Waals surface area contributed by atoms with Crippen molar-refractivity contribution < 1.29 is 13.2 Å². The molecule has 1 rings (SSSR count). The molecule has 4 N–H and O–H groups in total. The summed E-state index contributed by atoms with van der Waals surface area (Å²) in [4.78, 5) is 0. The van der Waals surface area contributed by atoms with E-state index in [1.807, 2.05) is 0 Å². The van der Waals surface area contributed by atoms with Crippen molar-refractivity contribution in [2.45, 2.75) is 12.6 Å². The molecule has 0 unspecified atom stereocenters. The SMILES string of the molecule is NC(N)=NN=Cc1cccc(CC(F)(F)F)c1. The van der Waals surface area contributed by atoms with Gasteiger partial charge in [0.1, 0.15) is 0 Å². The molecule has 17 heavy (non-hydrogen) atoms. The van der Waals surface area contributed by atoms with Gasteiger partial charge in [-0.2, -0.15) is 18.3 Å². The van der Waals surface area contributed by atoms with Crippen LogP contribution < -0.4 is 11.5 Å². The van der Waals surface area contributed by atoms with Crippen LogP contribution in [-0.2, 0) is 6.42 Å². The molecule has 0 spiro atoms. The zero-order valence-corrected chi connectivity index (χ0v) is 8.78. The van der Waals surface area contributed by atoms with E-state index in [9.17, 15) is 13.2 Å². The van der Waals surface area contributed by atoms with Gasteiger partial charge in [0.25, 0.3) is 0 Å². The standard InChI is InChI=1S/C10H11F3N4/c11-10(12,13)5-7-2-1-3-8(4-7)6-16-17-9(14)15/h1-4,6H,5H2,(H4,14,15,17). The summed E-state index contributed by atoms with van der Waals surface area (Å²) in [6.45, 7) is 0. The van der Waals surface area contributed by atoms with Crippen LogP contribution in [0.15, 0.2) is 34.5 Å². The average molecular weight is 244 g/mol. The van der Waals surface area contributed by atoms with E-state index < -0.39 is 12.6 Å². The fourth-order valence-electron chi connectivity index (χ4n) is 1.18. The second kappa shape index (κ2) is 5.33. The lowest BCUT2D eigenvalue weighted by Crippen LogP contribution is -2.21. The number of guanidine groups is 1. The van der Waals surface area contributed by atoms with Gasteiger partial charge in [0.05, 0.1) is 12.6 Å². The fourth-order valence-corrected chi connectivity index (χ4v) is 1.18. The van der Waals surface area contributed by atoms with Crippen LogP contribution in [0.25, 0.3) is 0 Å². The second-order valence-electron chi connectivity index (χ2n) is 3.31. The summed E-state index contributed by atoms with van der Waals surface area (Å²) in [7, 11) is 0. The summed E-state index contributed by atoms with van der Waals surface area (Å²) in [5, 5.41) is 6.85. The van der Waals surface area contributed by atoms with Crippen LogP contribution in [0.3, 0.4) is 0 Å². The number of alkyl halides is 3. The summed E-state index contributed by atoms with van der Waals surface area (Å²) in [5.74, 6) is -0.215. The molecule has 0 aliphatic heterocycles. The molecule has 4 nitrogen and oxygen atoms in total. The lowest BCUT2D eigenvalue weighted by Gasteiger charge is -2.06. The van der Waals surface area contributed by atoms with Crippen molar-refractivity contribution in [1.29, 1.82) is 0 Å². The summed E-state index contributed by atoms with van der Waals surface area (Å²) in [6.07, 6.45) is -3.92. The molecule has 0 aliphatic rings. The highest BCUT2D eigenvalue weighted by Gasteiger charge is 2.27. The lowest BCUT2D eigenvalue weighted by molar-refractivity contribution is -0.127. The maximum Gasteiger partial charge on any atom is 0.393 e. The van der Waals surface area contributed by atoms with Gasteiger partial charge in [-0.3, -0.25) is 0 Å². The largest absolute Gasteiger partial charge is 0.393 e. The van der Waals surface area contributed by atoms with Crippen molar-refractivity contribution in [2.24, 2.45) is 21.7 Å². The summed E-state index contributed by atoms with van der Waals surface area (Å²) >= 11 is 0. The Balaban J connectivity index is 2.79. The van der Waals surface area contributed by atoms with Gasteiger partial charge in [-0.15, -0.1) is 5.10 Å². The van der Waals surface area contributed by atoms with E-state index in [0.29, 0.717) is 5.56 Å². The van der Waals surface area contributed by atoms with Gasteiger partial charge in [0, 0.05) is 0 Å². The average Bonchev–Trinajstić information content (AvgIpc) is 2.14. The molecule has 0 aromatic heterocycles.